The Morgan fingerprint density at radius 1 is 1.29 bits per heavy atom. The van der Waals surface area contributed by atoms with Gasteiger partial charge in [-0.15, -0.1) is 0 Å². The number of aromatic nitrogens is 4. The van der Waals surface area contributed by atoms with Crippen molar-refractivity contribution in [1.82, 2.24) is 24.6 Å². The lowest BCUT2D eigenvalue weighted by Gasteiger charge is -2.29. The predicted molar refractivity (Wildman–Crippen MR) is 129 cm³/mol. The first-order valence-corrected chi connectivity index (χ1v) is 11.4. The minimum Gasteiger partial charge on any atom is -0.365 e. The van der Waals surface area contributed by atoms with Gasteiger partial charge >= 0.3 is 0 Å². The second-order valence-corrected chi connectivity index (χ2v) is 8.70. The van der Waals surface area contributed by atoms with Gasteiger partial charge in [-0.25, -0.2) is 9.37 Å². The fraction of sp³-hybridized carbons (Fsp3) is 0.250. The highest BCUT2D eigenvalue weighted by Crippen LogP contribution is 2.23. The molecule has 1 unspecified atom stereocenters. The SMILES string of the molecule is CC(Nc1cc(-n2ccc3c(cnn3Cc3ccccc3F)c2=O)c(Cl)cn1)[C@@H]1CNC(=O)CO1. The van der Waals surface area contributed by atoms with E-state index in [1.165, 1.54) is 23.0 Å². The number of carbonyl (C=O) groups excluding carboxylic acids is 1. The summed E-state index contributed by atoms with van der Waals surface area (Å²) in [6.45, 7) is 2.52. The molecule has 0 spiro atoms. The number of carbonyl (C=O) groups is 1. The third-order valence-corrected chi connectivity index (χ3v) is 6.24. The van der Waals surface area contributed by atoms with Crippen molar-refractivity contribution in [1.29, 1.82) is 0 Å². The summed E-state index contributed by atoms with van der Waals surface area (Å²) in [6.07, 6.45) is 4.32. The van der Waals surface area contributed by atoms with Gasteiger partial charge in [0, 0.05) is 24.4 Å². The van der Waals surface area contributed by atoms with Crippen LogP contribution in [0.15, 0.2) is 59.8 Å². The van der Waals surface area contributed by atoms with Gasteiger partial charge in [0.1, 0.15) is 18.2 Å². The number of hydrogen-bond acceptors (Lipinski definition) is 6. The molecule has 35 heavy (non-hydrogen) atoms. The van der Waals surface area contributed by atoms with E-state index in [1.54, 1.807) is 41.2 Å². The Kier molecular flexibility index (Phi) is 6.23. The fourth-order valence-corrected chi connectivity index (χ4v) is 4.22. The van der Waals surface area contributed by atoms with Crippen LogP contribution in [0.1, 0.15) is 12.5 Å². The molecule has 1 amide bonds. The van der Waals surface area contributed by atoms with Gasteiger partial charge in [-0.2, -0.15) is 5.10 Å². The number of nitrogens with zero attached hydrogens (tertiary/aromatic N) is 4. The molecule has 0 bridgehead atoms. The summed E-state index contributed by atoms with van der Waals surface area (Å²) in [4.78, 5) is 28.9. The molecule has 1 fully saturated rings. The van der Waals surface area contributed by atoms with E-state index in [1.807, 2.05) is 6.92 Å². The van der Waals surface area contributed by atoms with E-state index >= 15 is 0 Å². The molecule has 4 heterocycles. The van der Waals surface area contributed by atoms with Crippen molar-refractivity contribution in [2.24, 2.45) is 0 Å². The number of anilines is 1. The molecule has 1 aromatic carbocycles. The van der Waals surface area contributed by atoms with Gasteiger partial charge in [0.2, 0.25) is 5.91 Å². The van der Waals surface area contributed by atoms with Crippen molar-refractivity contribution in [2.45, 2.75) is 25.6 Å². The molecule has 2 atom stereocenters. The lowest BCUT2D eigenvalue weighted by molar-refractivity contribution is -0.133. The molecule has 0 aliphatic carbocycles. The van der Waals surface area contributed by atoms with Gasteiger partial charge in [-0.3, -0.25) is 18.8 Å². The average molecular weight is 497 g/mol. The number of benzene rings is 1. The van der Waals surface area contributed by atoms with Crippen LogP contribution < -0.4 is 16.2 Å². The average Bonchev–Trinajstić information content (AvgIpc) is 3.26. The van der Waals surface area contributed by atoms with E-state index in [-0.39, 0.29) is 42.6 Å². The monoisotopic (exact) mass is 496 g/mol. The Bertz CT molecular complexity index is 1460. The van der Waals surface area contributed by atoms with Crippen molar-refractivity contribution in [3.63, 3.8) is 0 Å². The minimum atomic E-state index is -0.330. The van der Waals surface area contributed by atoms with Crippen LogP contribution in [0.4, 0.5) is 10.2 Å². The van der Waals surface area contributed by atoms with E-state index in [2.05, 4.69) is 20.7 Å². The normalized spacial score (nSPS) is 16.8. The topological polar surface area (TPSA) is 103 Å². The van der Waals surface area contributed by atoms with E-state index in [9.17, 15) is 14.0 Å². The fourth-order valence-electron chi connectivity index (χ4n) is 4.03. The summed E-state index contributed by atoms with van der Waals surface area (Å²) in [5.41, 5.74) is 1.20. The van der Waals surface area contributed by atoms with Crippen LogP contribution in [0, 0.1) is 5.82 Å². The molecule has 1 aliphatic heterocycles. The van der Waals surface area contributed by atoms with Gasteiger partial charge in [0.15, 0.2) is 0 Å². The van der Waals surface area contributed by atoms with Gasteiger partial charge < -0.3 is 15.4 Å². The number of halogens is 2. The Morgan fingerprint density at radius 2 is 2.11 bits per heavy atom. The number of rotatable bonds is 6. The lowest BCUT2D eigenvalue weighted by Crippen LogP contribution is -2.49. The molecular formula is C24H22ClFN6O3. The zero-order chi connectivity index (χ0) is 24.5. The van der Waals surface area contributed by atoms with Crippen LogP contribution in [-0.4, -0.2) is 50.5 Å². The van der Waals surface area contributed by atoms with Crippen LogP contribution >= 0.6 is 11.6 Å². The molecule has 3 aromatic heterocycles. The summed E-state index contributed by atoms with van der Waals surface area (Å²) in [5.74, 6) is 0.0234. The largest absolute Gasteiger partial charge is 0.365 e. The third-order valence-electron chi connectivity index (χ3n) is 5.95. The summed E-state index contributed by atoms with van der Waals surface area (Å²) < 4.78 is 22.7. The molecule has 1 saturated heterocycles. The van der Waals surface area contributed by atoms with Crippen molar-refractivity contribution < 1.29 is 13.9 Å². The molecule has 0 saturated carbocycles. The second kappa shape index (κ2) is 9.47. The summed E-state index contributed by atoms with van der Waals surface area (Å²) in [6, 6.07) is 9.72. The maximum absolute atomic E-state index is 14.1. The molecular weight excluding hydrogens is 475 g/mol. The van der Waals surface area contributed by atoms with E-state index in [0.29, 0.717) is 39.5 Å². The van der Waals surface area contributed by atoms with Gasteiger partial charge in [-0.05, 0) is 19.1 Å². The first kappa shape index (κ1) is 23.0. The zero-order valence-electron chi connectivity index (χ0n) is 18.7. The van der Waals surface area contributed by atoms with Crippen LogP contribution in [0.5, 0.6) is 0 Å². The molecule has 0 radical (unpaired) electrons. The van der Waals surface area contributed by atoms with Gasteiger partial charge in [0.05, 0.1) is 52.7 Å². The zero-order valence-corrected chi connectivity index (χ0v) is 19.5. The molecule has 11 heteroatoms. The van der Waals surface area contributed by atoms with Crippen molar-refractivity contribution in [3.05, 3.63) is 81.7 Å². The van der Waals surface area contributed by atoms with E-state index in [0.717, 1.165) is 0 Å². The van der Waals surface area contributed by atoms with E-state index in [4.69, 9.17) is 16.3 Å². The first-order valence-electron chi connectivity index (χ1n) is 11.0. The Hall–Kier alpha value is -3.76. The van der Waals surface area contributed by atoms with Crippen molar-refractivity contribution >= 4 is 34.2 Å². The molecule has 1 aliphatic rings. The number of fused-ring (bicyclic) bond motifs is 1. The van der Waals surface area contributed by atoms with Gasteiger partial charge in [0.25, 0.3) is 5.56 Å². The van der Waals surface area contributed by atoms with E-state index < -0.39 is 0 Å². The number of ether oxygens (including phenoxy) is 1. The highest BCUT2D eigenvalue weighted by Gasteiger charge is 2.24. The summed E-state index contributed by atoms with van der Waals surface area (Å²) >= 11 is 6.40. The van der Waals surface area contributed by atoms with Crippen molar-refractivity contribution in [2.75, 3.05) is 18.5 Å². The summed E-state index contributed by atoms with van der Waals surface area (Å²) in [5, 5.41) is 11.0. The molecule has 2 N–H and O–H groups in total. The molecule has 5 rings (SSSR count). The van der Waals surface area contributed by atoms with Crippen LogP contribution in [-0.2, 0) is 16.1 Å². The Balaban J connectivity index is 1.43. The standard InChI is InChI=1S/C24H22ClFN6O3/c1-14(21-11-28-23(33)13-35-21)30-22-8-20(17(25)10-27-22)31-7-6-19-16(24(31)34)9-29-32(19)12-15-4-2-3-5-18(15)26/h2-10,14,21H,11-13H2,1H3,(H,27,30)(H,28,33)/t14?,21-/m0/s1. The third kappa shape index (κ3) is 4.62. The number of morpholine rings is 1. The second-order valence-electron chi connectivity index (χ2n) is 8.29. The molecule has 9 nitrogen and oxygen atoms in total. The number of amides is 1. The highest BCUT2D eigenvalue weighted by atomic mass is 35.5. The van der Waals surface area contributed by atoms with Crippen LogP contribution in [0.3, 0.4) is 0 Å². The van der Waals surface area contributed by atoms with Gasteiger partial charge in [-0.1, -0.05) is 29.8 Å². The maximum Gasteiger partial charge on any atom is 0.266 e. The minimum absolute atomic E-state index is 0.00991. The Labute approximate surface area is 204 Å². The van der Waals surface area contributed by atoms with Crippen LogP contribution in [0.25, 0.3) is 16.6 Å². The lowest BCUT2D eigenvalue weighted by atomic mass is 10.1. The highest BCUT2D eigenvalue weighted by molar-refractivity contribution is 6.32. The number of nitrogens with one attached hydrogen (secondary N) is 2. The number of hydrogen-bond donors (Lipinski definition) is 2. The predicted octanol–water partition coefficient (Wildman–Crippen LogP) is 2.74. The first-order chi connectivity index (χ1) is 16.9. The Morgan fingerprint density at radius 3 is 2.89 bits per heavy atom. The summed E-state index contributed by atoms with van der Waals surface area (Å²) in [7, 11) is 0. The van der Waals surface area contributed by atoms with Crippen molar-refractivity contribution in [3.8, 4) is 5.69 Å². The number of pyridine rings is 2. The van der Waals surface area contributed by atoms with Crippen LogP contribution in [0.2, 0.25) is 5.02 Å². The molecule has 4 aromatic rings. The quantitative estimate of drug-likeness (QED) is 0.425. The molecule has 180 valence electrons. The maximum atomic E-state index is 14.1. The smallest absolute Gasteiger partial charge is 0.266 e.